The van der Waals surface area contributed by atoms with Crippen LogP contribution in [0.15, 0.2) is 76.6 Å². The Balaban J connectivity index is 1.44. The Labute approximate surface area is 194 Å². The van der Waals surface area contributed by atoms with E-state index in [0.717, 1.165) is 27.7 Å². The van der Waals surface area contributed by atoms with E-state index in [2.05, 4.69) is 27.6 Å². The molecule has 4 aromatic rings. The van der Waals surface area contributed by atoms with E-state index in [0.29, 0.717) is 11.6 Å². The summed E-state index contributed by atoms with van der Waals surface area (Å²) in [5.74, 6) is 1.01. The van der Waals surface area contributed by atoms with Crippen molar-refractivity contribution in [2.24, 2.45) is 0 Å². The number of nitrogens with one attached hydrogen (secondary N) is 1. The zero-order chi connectivity index (χ0) is 21.6. The SMILES string of the molecule is Cc1nnc(SCC(=O)NC(c2ccc(Cl)cc2)c2ccsc2)n1Cc1ccccc1. The molecular formula is C23H21ClN4OS2. The van der Waals surface area contributed by atoms with Crippen LogP contribution >= 0.6 is 34.7 Å². The summed E-state index contributed by atoms with van der Waals surface area (Å²) >= 11 is 9.03. The molecule has 0 saturated carbocycles. The molecule has 1 atom stereocenters. The Hall–Kier alpha value is -2.61. The third-order valence-corrected chi connectivity index (χ3v) is 6.72. The number of benzene rings is 2. The van der Waals surface area contributed by atoms with Gasteiger partial charge < -0.3 is 9.88 Å². The first-order chi connectivity index (χ1) is 15.1. The number of aryl methyl sites for hydroxylation is 1. The van der Waals surface area contributed by atoms with E-state index in [-0.39, 0.29) is 17.7 Å². The highest BCUT2D eigenvalue weighted by molar-refractivity contribution is 7.99. The fourth-order valence-electron chi connectivity index (χ4n) is 3.20. The highest BCUT2D eigenvalue weighted by atomic mass is 35.5. The molecular weight excluding hydrogens is 448 g/mol. The normalized spacial score (nSPS) is 11.9. The molecule has 0 fully saturated rings. The highest BCUT2D eigenvalue weighted by Gasteiger charge is 2.19. The van der Waals surface area contributed by atoms with E-state index in [4.69, 9.17) is 11.6 Å². The first-order valence-corrected chi connectivity index (χ1v) is 12.0. The van der Waals surface area contributed by atoms with E-state index in [1.54, 1.807) is 11.3 Å². The maximum absolute atomic E-state index is 12.8. The van der Waals surface area contributed by atoms with Gasteiger partial charge in [-0.15, -0.1) is 10.2 Å². The van der Waals surface area contributed by atoms with Crippen molar-refractivity contribution in [2.45, 2.75) is 24.7 Å². The number of carbonyl (C=O) groups excluding carboxylic acids is 1. The minimum absolute atomic E-state index is 0.0666. The summed E-state index contributed by atoms with van der Waals surface area (Å²) < 4.78 is 2.03. The number of nitrogens with zero attached hydrogens (tertiary/aromatic N) is 3. The molecule has 1 N–H and O–H groups in total. The number of amides is 1. The van der Waals surface area contributed by atoms with Crippen LogP contribution in [0.4, 0.5) is 0 Å². The van der Waals surface area contributed by atoms with Crippen molar-refractivity contribution >= 4 is 40.6 Å². The van der Waals surface area contributed by atoms with Crippen LogP contribution in [0.2, 0.25) is 5.02 Å². The molecule has 1 amide bonds. The lowest BCUT2D eigenvalue weighted by Crippen LogP contribution is -2.30. The Morgan fingerprint density at radius 2 is 1.87 bits per heavy atom. The summed E-state index contributed by atoms with van der Waals surface area (Å²) in [6.45, 7) is 2.60. The third kappa shape index (κ3) is 5.55. The van der Waals surface area contributed by atoms with Crippen LogP contribution in [-0.2, 0) is 11.3 Å². The van der Waals surface area contributed by atoms with Gasteiger partial charge in [0.05, 0.1) is 18.3 Å². The predicted molar refractivity (Wildman–Crippen MR) is 127 cm³/mol. The summed E-state index contributed by atoms with van der Waals surface area (Å²) in [6.07, 6.45) is 0. The minimum atomic E-state index is -0.222. The Morgan fingerprint density at radius 1 is 1.10 bits per heavy atom. The predicted octanol–water partition coefficient (Wildman–Crippen LogP) is 5.35. The molecule has 0 radical (unpaired) electrons. The van der Waals surface area contributed by atoms with Gasteiger partial charge in [0.25, 0.3) is 0 Å². The van der Waals surface area contributed by atoms with Crippen LogP contribution in [0.3, 0.4) is 0 Å². The molecule has 0 saturated heterocycles. The van der Waals surface area contributed by atoms with Gasteiger partial charge in [-0.1, -0.05) is 65.8 Å². The van der Waals surface area contributed by atoms with Gasteiger partial charge in [0.1, 0.15) is 5.82 Å². The molecule has 2 aromatic heterocycles. The molecule has 4 rings (SSSR count). The number of carbonyl (C=O) groups is 1. The van der Waals surface area contributed by atoms with Crippen molar-refractivity contribution in [3.05, 3.63) is 99.0 Å². The van der Waals surface area contributed by atoms with Gasteiger partial charge in [0.2, 0.25) is 5.91 Å². The lowest BCUT2D eigenvalue weighted by atomic mass is 10.0. The fraction of sp³-hybridized carbons (Fsp3) is 0.174. The van der Waals surface area contributed by atoms with Crippen molar-refractivity contribution < 1.29 is 4.79 Å². The average Bonchev–Trinajstić information content (AvgIpc) is 3.43. The summed E-state index contributed by atoms with van der Waals surface area (Å²) in [7, 11) is 0. The van der Waals surface area contributed by atoms with Crippen molar-refractivity contribution in [3.8, 4) is 0 Å². The second-order valence-electron chi connectivity index (χ2n) is 7.00. The zero-order valence-corrected chi connectivity index (χ0v) is 19.3. The molecule has 0 aliphatic rings. The fourth-order valence-corrected chi connectivity index (χ4v) is 4.81. The topological polar surface area (TPSA) is 59.8 Å². The van der Waals surface area contributed by atoms with E-state index < -0.39 is 0 Å². The monoisotopic (exact) mass is 468 g/mol. The maximum atomic E-state index is 12.8. The van der Waals surface area contributed by atoms with Crippen molar-refractivity contribution in [1.82, 2.24) is 20.1 Å². The van der Waals surface area contributed by atoms with Crippen LogP contribution in [-0.4, -0.2) is 26.4 Å². The first kappa shape index (κ1) is 21.6. The van der Waals surface area contributed by atoms with Crippen molar-refractivity contribution in [2.75, 3.05) is 5.75 Å². The lowest BCUT2D eigenvalue weighted by Gasteiger charge is -2.18. The van der Waals surface area contributed by atoms with Gasteiger partial charge in [0.15, 0.2) is 5.16 Å². The van der Waals surface area contributed by atoms with Gasteiger partial charge in [-0.3, -0.25) is 4.79 Å². The number of thioether (sulfide) groups is 1. The van der Waals surface area contributed by atoms with E-state index in [9.17, 15) is 4.79 Å². The van der Waals surface area contributed by atoms with Crippen LogP contribution in [0.5, 0.6) is 0 Å². The minimum Gasteiger partial charge on any atom is -0.344 e. The van der Waals surface area contributed by atoms with Gasteiger partial charge in [0, 0.05) is 5.02 Å². The van der Waals surface area contributed by atoms with Gasteiger partial charge in [-0.05, 0) is 52.6 Å². The van der Waals surface area contributed by atoms with Crippen LogP contribution in [0.1, 0.15) is 28.6 Å². The maximum Gasteiger partial charge on any atom is 0.231 e. The molecule has 0 spiro atoms. The van der Waals surface area contributed by atoms with Gasteiger partial charge >= 0.3 is 0 Å². The summed E-state index contributed by atoms with van der Waals surface area (Å²) in [5, 5.41) is 17.1. The van der Waals surface area contributed by atoms with Crippen molar-refractivity contribution in [1.29, 1.82) is 0 Å². The quantitative estimate of drug-likeness (QED) is 0.354. The van der Waals surface area contributed by atoms with Crippen LogP contribution in [0, 0.1) is 6.92 Å². The Bertz CT molecular complexity index is 1130. The highest BCUT2D eigenvalue weighted by Crippen LogP contribution is 2.26. The van der Waals surface area contributed by atoms with E-state index in [1.165, 1.54) is 11.8 Å². The largest absolute Gasteiger partial charge is 0.344 e. The molecule has 0 aliphatic heterocycles. The average molecular weight is 469 g/mol. The second kappa shape index (κ2) is 10.1. The summed E-state index contributed by atoms with van der Waals surface area (Å²) in [5.41, 5.74) is 3.20. The zero-order valence-electron chi connectivity index (χ0n) is 16.9. The number of hydrogen-bond donors (Lipinski definition) is 1. The van der Waals surface area contributed by atoms with Crippen LogP contribution < -0.4 is 5.32 Å². The molecule has 2 aromatic carbocycles. The number of hydrogen-bond acceptors (Lipinski definition) is 5. The van der Waals surface area contributed by atoms with E-state index >= 15 is 0 Å². The van der Waals surface area contributed by atoms with E-state index in [1.807, 2.05) is 70.8 Å². The summed E-state index contributed by atoms with van der Waals surface area (Å²) in [4.78, 5) is 12.8. The number of rotatable bonds is 8. The van der Waals surface area contributed by atoms with Gasteiger partial charge in [-0.2, -0.15) is 11.3 Å². The molecule has 5 nitrogen and oxygen atoms in total. The molecule has 1 unspecified atom stereocenters. The molecule has 8 heteroatoms. The van der Waals surface area contributed by atoms with Crippen LogP contribution in [0.25, 0.3) is 0 Å². The standard InChI is InChI=1S/C23H21ClN4OS2/c1-16-26-27-23(28(16)13-17-5-3-2-4-6-17)31-15-21(29)25-22(19-11-12-30-14-19)18-7-9-20(24)10-8-18/h2-12,14,22H,13,15H2,1H3,(H,25,29). The molecule has 31 heavy (non-hydrogen) atoms. The third-order valence-electron chi connectivity index (χ3n) is 4.80. The molecule has 0 bridgehead atoms. The van der Waals surface area contributed by atoms with Gasteiger partial charge in [-0.25, -0.2) is 0 Å². The summed E-state index contributed by atoms with van der Waals surface area (Å²) in [6, 6.07) is 19.5. The molecule has 2 heterocycles. The number of thiophene rings is 1. The first-order valence-electron chi connectivity index (χ1n) is 9.73. The molecule has 0 aliphatic carbocycles. The molecule has 158 valence electrons. The lowest BCUT2D eigenvalue weighted by molar-refractivity contribution is -0.119. The van der Waals surface area contributed by atoms with Crippen molar-refractivity contribution in [3.63, 3.8) is 0 Å². The smallest absolute Gasteiger partial charge is 0.231 e. The number of halogens is 1. The number of aromatic nitrogens is 3. The second-order valence-corrected chi connectivity index (χ2v) is 9.16. The Kier molecular flexibility index (Phi) is 7.06. The Morgan fingerprint density at radius 3 is 2.58 bits per heavy atom.